The number of anilines is 1. The molecule has 0 spiro atoms. The summed E-state index contributed by atoms with van der Waals surface area (Å²) in [7, 11) is 0. The molecule has 0 radical (unpaired) electrons. The highest BCUT2D eigenvalue weighted by atomic mass is 16.8. The fourth-order valence-corrected chi connectivity index (χ4v) is 4.71. The molecule has 5 atom stereocenters. The second-order valence-electron chi connectivity index (χ2n) is 7.36. The molecule has 0 unspecified atom stereocenters. The summed E-state index contributed by atoms with van der Waals surface area (Å²) in [5.41, 5.74) is 6.87. The highest BCUT2D eigenvalue weighted by molar-refractivity contribution is 5.86. The van der Waals surface area contributed by atoms with Crippen LogP contribution >= 0.6 is 0 Å². The maximum absolute atomic E-state index is 6.25. The van der Waals surface area contributed by atoms with Crippen LogP contribution in [-0.2, 0) is 9.47 Å². The fraction of sp³-hybridized carbons (Fsp3) is 0.529. The summed E-state index contributed by atoms with van der Waals surface area (Å²) in [4.78, 5) is 8.53. The van der Waals surface area contributed by atoms with Crippen LogP contribution in [0.5, 0.6) is 0 Å². The molecule has 3 heterocycles. The zero-order chi connectivity index (χ0) is 16.0. The van der Waals surface area contributed by atoms with Crippen molar-refractivity contribution in [2.75, 3.05) is 5.73 Å². The predicted molar refractivity (Wildman–Crippen MR) is 85.5 cm³/mol. The summed E-state index contributed by atoms with van der Waals surface area (Å²) in [5, 5.41) is 0.888. The van der Waals surface area contributed by atoms with E-state index >= 15 is 0 Å². The van der Waals surface area contributed by atoms with E-state index in [2.05, 4.69) is 27.2 Å². The third-order valence-electron chi connectivity index (χ3n) is 5.75. The maximum Gasteiger partial charge on any atom is 0.163 e. The van der Waals surface area contributed by atoms with Crippen molar-refractivity contribution in [2.24, 2.45) is 11.3 Å². The number of hydrogen-bond donors (Lipinski definition) is 1. The van der Waals surface area contributed by atoms with Gasteiger partial charge in [0, 0.05) is 11.6 Å². The first kappa shape index (κ1) is 13.5. The Kier molecular flexibility index (Phi) is 2.31. The molecule has 2 aromatic heterocycles. The largest absolute Gasteiger partial charge is 0.383 e. The topological polar surface area (TPSA) is 75.2 Å². The molecule has 2 aliphatic carbocycles. The van der Waals surface area contributed by atoms with Crippen LogP contribution in [0.15, 0.2) is 31.2 Å². The van der Waals surface area contributed by atoms with Gasteiger partial charge >= 0.3 is 0 Å². The van der Waals surface area contributed by atoms with Crippen LogP contribution < -0.4 is 5.73 Å². The maximum atomic E-state index is 6.25. The zero-order valence-electron chi connectivity index (χ0n) is 13.3. The van der Waals surface area contributed by atoms with Gasteiger partial charge in [0.15, 0.2) is 5.79 Å². The second kappa shape index (κ2) is 3.94. The molecule has 1 aliphatic heterocycles. The first-order chi connectivity index (χ1) is 11.0. The van der Waals surface area contributed by atoms with Crippen molar-refractivity contribution in [3.05, 3.63) is 31.2 Å². The second-order valence-corrected chi connectivity index (χ2v) is 7.36. The molecular weight excluding hydrogens is 292 g/mol. The lowest BCUT2D eigenvalue weighted by atomic mass is 10.00. The number of nitrogens with zero attached hydrogens (tertiary/aromatic N) is 3. The Bertz CT molecular complexity index is 829. The van der Waals surface area contributed by atoms with Gasteiger partial charge in [-0.2, -0.15) is 0 Å². The standard InChI is InChI=1S/C17H20N4O2/c1-4-17-7-10(17)11(12-13(17)23-16(2,3)22-12)21-6-5-9-14(18)19-8-20-15(9)21/h4-6,8,10-13H,1,7H2,2-3H3,(H2,18,19,20)/t10-,11-,12+,13+,17+/m1/s1. The minimum absolute atomic E-state index is 0.00791. The lowest BCUT2D eigenvalue weighted by Gasteiger charge is -2.24. The molecule has 2 N–H and O–H groups in total. The Morgan fingerprint density at radius 1 is 1.39 bits per heavy atom. The Morgan fingerprint density at radius 3 is 3.00 bits per heavy atom. The van der Waals surface area contributed by atoms with E-state index < -0.39 is 5.79 Å². The van der Waals surface area contributed by atoms with Gasteiger partial charge in [-0.05, 0) is 32.3 Å². The number of nitrogen functional groups attached to an aromatic ring is 1. The van der Waals surface area contributed by atoms with Gasteiger partial charge in [0.25, 0.3) is 0 Å². The van der Waals surface area contributed by atoms with Crippen molar-refractivity contribution in [1.82, 2.24) is 14.5 Å². The van der Waals surface area contributed by atoms with Crippen molar-refractivity contribution in [2.45, 2.75) is 44.3 Å². The molecule has 3 aliphatic rings. The fourth-order valence-electron chi connectivity index (χ4n) is 4.71. The Balaban J connectivity index is 1.65. The van der Waals surface area contributed by atoms with Gasteiger partial charge in [-0.15, -0.1) is 6.58 Å². The number of hydrogen-bond acceptors (Lipinski definition) is 5. The molecule has 6 nitrogen and oxygen atoms in total. The van der Waals surface area contributed by atoms with E-state index in [4.69, 9.17) is 15.2 Å². The SMILES string of the molecule is C=C[C@]12C[C@@H]1[C@@H](n1ccc3c(N)ncnc31)[C@@H]1OC(C)(C)O[C@@H]12. The van der Waals surface area contributed by atoms with Crippen molar-refractivity contribution in [3.8, 4) is 0 Å². The van der Waals surface area contributed by atoms with Crippen molar-refractivity contribution < 1.29 is 9.47 Å². The first-order valence-electron chi connectivity index (χ1n) is 8.03. The molecule has 120 valence electrons. The molecule has 0 bridgehead atoms. The summed E-state index contributed by atoms with van der Waals surface area (Å²) in [6, 6.07) is 2.17. The summed E-state index contributed by atoms with van der Waals surface area (Å²) in [5.74, 6) is 0.421. The van der Waals surface area contributed by atoms with Gasteiger partial charge in [-0.3, -0.25) is 0 Å². The molecule has 2 aromatic rings. The molecule has 3 fully saturated rings. The van der Waals surface area contributed by atoms with Crippen LogP contribution in [0, 0.1) is 11.3 Å². The lowest BCUT2D eigenvalue weighted by Crippen LogP contribution is -2.31. The summed E-state index contributed by atoms with van der Waals surface area (Å²) < 4.78 is 14.7. The van der Waals surface area contributed by atoms with Gasteiger partial charge in [-0.1, -0.05) is 6.08 Å². The molecule has 2 saturated carbocycles. The quantitative estimate of drug-likeness (QED) is 0.861. The Hall–Kier alpha value is -1.92. The normalized spacial score (nSPS) is 40.1. The molecule has 0 aromatic carbocycles. The summed E-state index contributed by atoms with van der Waals surface area (Å²) in [6.45, 7) is 8.02. The molecular formula is C17H20N4O2. The zero-order valence-corrected chi connectivity index (χ0v) is 13.3. The van der Waals surface area contributed by atoms with E-state index in [0.717, 1.165) is 17.5 Å². The molecule has 1 saturated heterocycles. The number of nitrogens with two attached hydrogens (primary N) is 1. The Labute approximate surface area is 134 Å². The van der Waals surface area contributed by atoms with Gasteiger partial charge in [-0.25, -0.2) is 9.97 Å². The average Bonchev–Trinajstić information content (AvgIpc) is 2.78. The minimum atomic E-state index is -0.561. The number of ether oxygens (including phenoxy) is 2. The lowest BCUT2D eigenvalue weighted by molar-refractivity contribution is -0.159. The van der Waals surface area contributed by atoms with E-state index in [1.165, 1.54) is 6.33 Å². The monoisotopic (exact) mass is 312 g/mol. The number of aromatic nitrogens is 3. The molecule has 0 amide bonds. The van der Waals surface area contributed by atoms with Crippen LogP contribution in [0.2, 0.25) is 0 Å². The average molecular weight is 312 g/mol. The molecule has 23 heavy (non-hydrogen) atoms. The van der Waals surface area contributed by atoms with E-state index in [0.29, 0.717) is 11.7 Å². The first-order valence-corrected chi connectivity index (χ1v) is 8.03. The van der Waals surface area contributed by atoms with Crippen molar-refractivity contribution in [3.63, 3.8) is 0 Å². The van der Waals surface area contributed by atoms with Crippen LogP contribution in [0.25, 0.3) is 11.0 Å². The van der Waals surface area contributed by atoms with Gasteiger partial charge in [0.1, 0.15) is 23.9 Å². The van der Waals surface area contributed by atoms with E-state index in [-0.39, 0.29) is 23.7 Å². The minimum Gasteiger partial charge on any atom is -0.383 e. The van der Waals surface area contributed by atoms with Crippen LogP contribution in [-0.4, -0.2) is 32.5 Å². The van der Waals surface area contributed by atoms with Gasteiger partial charge in [0.05, 0.1) is 17.5 Å². The van der Waals surface area contributed by atoms with Crippen molar-refractivity contribution in [1.29, 1.82) is 0 Å². The van der Waals surface area contributed by atoms with Gasteiger partial charge in [0.2, 0.25) is 0 Å². The van der Waals surface area contributed by atoms with Crippen LogP contribution in [0.3, 0.4) is 0 Å². The molecule has 6 heteroatoms. The predicted octanol–water partition coefficient (Wildman–Crippen LogP) is 2.28. The van der Waals surface area contributed by atoms with Crippen LogP contribution in [0.4, 0.5) is 5.82 Å². The smallest absolute Gasteiger partial charge is 0.163 e. The van der Waals surface area contributed by atoms with Crippen LogP contribution in [0.1, 0.15) is 26.3 Å². The third kappa shape index (κ3) is 1.55. The van der Waals surface area contributed by atoms with Crippen molar-refractivity contribution >= 4 is 16.9 Å². The number of rotatable bonds is 2. The third-order valence-corrected chi connectivity index (χ3v) is 5.75. The summed E-state index contributed by atoms with van der Waals surface area (Å²) in [6.07, 6.45) is 6.78. The van der Waals surface area contributed by atoms with E-state index in [1.807, 2.05) is 26.1 Å². The van der Waals surface area contributed by atoms with Gasteiger partial charge < -0.3 is 19.8 Å². The summed E-state index contributed by atoms with van der Waals surface area (Å²) >= 11 is 0. The van der Waals surface area contributed by atoms with E-state index in [9.17, 15) is 0 Å². The number of fused-ring (bicyclic) bond motifs is 4. The van der Waals surface area contributed by atoms with E-state index in [1.54, 1.807) is 0 Å². The highest BCUT2D eigenvalue weighted by Crippen LogP contribution is 2.72. The Morgan fingerprint density at radius 2 is 2.22 bits per heavy atom. The highest BCUT2D eigenvalue weighted by Gasteiger charge is 2.74. The molecule has 5 rings (SSSR count).